The van der Waals surface area contributed by atoms with E-state index in [2.05, 4.69) is 15.5 Å². The van der Waals surface area contributed by atoms with E-state index in [1.54, 1.807) is 19.2 Å². The van der Waals surface area contributed by atoms with Crippen molar-refractivity contribution in [3.8, 4) is 5.75 Å². The van der Waals surface area contributed by atoms with Crippen molar-refractivity contribution in [1.29, 1.82) is 0 Å². The number of aromatic nitrogens is 2. The van der Waals surface area contributed by atoms with Crippen LogP contribution >= 0.6 is 11.3 Å². The molecular formula is C19H17N3O2S. The number of carbonyl (C=O) groups is 1. The highest BCUT2D eigenvalue weighted by atomic mass is 32.1. The molecule has 0 aliphatic rings. The van der Waals surface area contributed by atoms with E-state index < -0.39 is 0 Å². The first kappa shape index (κ1) is 16.9. The quantitative estimate of drug-likeness (QED) is 0.745. The molecule has 0 radical (unpaired) electrons. The molecule has 1 amide bonds. The first-order valence-corrected chi connectivity index (χ1v) is 8.49. The summed E-state index contributed by atoms with van der Waals surface area (Å²) >= 11 is 1.32. The first-order chi connectivity index (χ1) is 12.1. The second-order valence-corrected chi connectivity index (χ2v) is 6.38. The van der Waals surface area contributed by atoms with Gasteiger partial charge in [0.1, 0.15) is 10.8 Å². The van der Waals surface area contributed by atoms with Gasteiger partial charge in [0.25, 0.3) is 5.91 Å². The molecule has 1 N–H and O–H groups in total. The van der Waals surface area contributed by atoms with Crippen LogP contribution in [-0.4, -0.2) is 23.2 Å². The van der Waals surface area contributed by atoms with Crippen LogP contribution < -0.4 is 10.1 Å². The van der Waals surface area contributed by atoms with Crippen LogP contribution in [0.3, 0.4) is 0 Å². The Morgan fingerprint density at radius 2 is 1.76 bits per heavy atom. The highest BCUT2D eigenvalue weighted by Gasteiger charge is 2.09. The molecule has 0 bridgehead atoms. The topological polar surface area (TPSA) is 64.1 Å². The molecule has 3 aromatic rings. The van der Waals surface area contributed by atoms with E-state index in [1.165, 1.54) is 11.3 Å². The number of benzene rings is 2. The van der Waals surface area contributed by atoms with E-state index in [-0.39, 0.29) is 5.91 Å². The SMILES string of the molecule is COc1ccc(/C=C/c2nnc(NC(=O)c3ccc(C)cc3)s2)cc1. The third kappa shape index (κ3) is 4.51. The Hall–Kier alpha value is -2.99. The van der Waals surface area contributed by atoms with Crippen LogP contribution in [0, 0.1) is 6.92 Å². The van der Waals surface area contributed by atoms with E-state index in [0.717, 1.165) is 21.9 Å². The molecule has 5 nitrogen and oxygen atoms in total. The van der Waals surface area contributed by atoms with Gasteiger partial charge >= 0.3 is 0 Å². The van der Waals surface area contributed by atoms with Crippen LogP contribution in [0.4, 0.5) is 5.13 Å². The summed E-state index contributed by atoms with van der Waals surface area (Å²) in [4.78, 5) is 12.2. The van der Waals surface area contributed by atoms with Crippen molar-refractivity contribution < 1.29 is 9.53 Å². The Morgan fingerprint density at radius 1 is 1.04 bits per heavy atom. The Balaban J connectivity index is 1.64. The number of nitrogens with one attached hydrogen (secondary N) is 1. The molecule has 0 saturated heterocycles. The standard InChI is InChI=1S/C19H17N3O2S/c1-13-3-8-15(9-4-13)18(23)20-19-22-21-17(25-19)12-7-14-5-10-16(24-2)11-6-14/h3-12H,1-2H3,(H,20,22,23)/b12-7+. The van der Waals surface area contributed by atoms with Crippen molar-refractivity contribution in [2.45, 2.75) is 6.92 Å². The van der Waals surface area contributed by atoms with Crippen LogP contribution in [0.15, 0.2) is 48.5 Å². The lowest BCUT2D eigenvalue weighted by Crippen LogP contribution is -2.11. The lowest BCUT2D eigenvalue weighted by molar-refractivity contribution is 0.102. The Morgan fingerprint density at radius 3 is 2.44 bits per heavy atom. The zero-order valence-electron chi connectivity index (χ0n) is 13.9. The summed E-state index contributed by atoms with van der Waals surface area (Å²) in [6.45, 7) is 1.98. The molecule has 0 unspecified atom stereocenters. The van der Waals surface area contributed by atoms with Gasteiger partial charge in [0.15, 0.2) is 0 Å². The molecule has 0 atom stereocenters. The average molecular weight is 351 g/mol. The van der Waals surface area contributed by atoms with E-state index in [9.17, 15) is 4.79 Å². The molecule has 0 aliphatic carbocycles. The number of carbonyl (C=O) groups excluding carboxylic acids is 1. The fourth-order valence-corrected chi connectivity index (χ4v) is 2.75. The predicted molar refractivity (Wildman–Crippen MR) is 101 cm³/mol. The number of amides is 1. The number of hydrogen-bond acceptors (Lipinski definition) is 5. The number of methoxy groups -OCH3 is 1. The Bertz CT molecular complexity index is 884. The minimum absolute atomic E-state index is 0.193. The maximum Gasteiger partial charge on any atom is 0.257 e. The zero-order chi connectivity index (χ0) is 17.6. The van der Waals surface area contributed by atoms with Crippen molar-refractivity contribution in [2.24, 2.45) is 0 Å². The molecule has 126 valence electrons. The maximum atomic E-state index is 12.2. The molecule has 6 heteroatoms. The van der Waals surface area contributed by atoms with E-state index in [0.29, 0.717) is 10.7 Å². The van der Waals surface area contributed by atoms with Crippen molar-refractivity contribution in [3.05, 3.63) is 70.2 Å². The lowest BCUT2D eigenvalue weighted by atomic mass is 10.1. The van der Waals surface area contributed by atoms with Crippen LogP contribution in [0.25, 0.3) is 12.2 Å². The van der Waals surface area contributed by atoms with Gasteiger partial charge in [-0.05, 0) is 42.8 Å². The van der Waals surface area contributed by atoms with Crippen molar-refractivity contribution in [2.75, 3.05) is 12.4 Å². The monoisotopic (exact) mass is 351 g/mol. The van der Waals surface area contributed by atoms with Crippen LogP contribution in [0.5, 0.6) is 5.75 Å². The number of anilines is 1. The lowest BCUT2D eigenvalue weighted by Gasteiger charge is -2.01. The van der Waals surface area contributed by atoms with Gasteiger partial charge in [-0.2, -0.15) is 0 Å². The highest BCUT2D eigenvalue weighted by molar-refractivity contribution is 7.16. The predicted octanol–water partition coefficient (Wildman–Crippen LogP) is 4.28. The third-order valence-corrected chi connectivity index (χ3v) is 4.31. The number of hydrogen-bond donors (Lipinski definition) is 1. The van der Waals surface area contributed by atoms with Crippen LogP contribution in [-0.2, 0) is 0 Å². The Labute approximate surface area is 150 Å². The first-order valence-electron chi connectivity index (χ1n) is 7.68. The van der Waals surface area contributed by atoms with Gasteiger partial charge in [0, 0.05) is 5.56 Å². The molecule has 1 heterocycles. The summed E-state index contributed by atoms with van der Waals surface area (Å²) in [6, 6.07) is 15.1. The van der Waals surface area contributed by atoms with Gasteiger partial charge < -0.3 is 4.74 Å². The van der Waals surface area contributed by atoms with Crippen molar-refractivity contribution >= 4 is 34.5 Å². The fourth-order valence-electron chi connectivity index (χ4n) is 2.11. The van der Waals surface area contributed by atoms with Gasteiger partial charge in [-0.3, -0.25) is 10.1 Å². The van der Waals surface area contributed by atoms with Gasteiger partial charge in [0.05, 0.1) is 7.11 Å². The zero-order valence-corrected chi connectivity index (χ0v) is 14.7. The van der Waals surface area contributed by atoms with Gasteiger partial charge in [-0.25, -0.2) is 0 Å². The molecule has 25 heavy (non-hydrogen) atoms. The van der Waals surface area contributed by atoms with E-state index >= 15 is 0 Å². The molecular weight excluding hydrogens is 334 g/mol. The maximum absolute atomic E-state index is 12.2. The second-order valence-electron chi connectivity index (χ2n) is 5.37. The number of aryl methyl sites for hydroxylation is 1. The molecule has 0 aliphatic heterocycles. The molecule has 3 rings (SSSR count). The molecule has 0 saturated carbocycles. The largest absolute Gasteiger partial charge is 0.497 e. The van der Waals surface area contributed by atoms with Gasteiger partial charge in [0.2, 0.25) is 5.13 Å². The number of ether oxygens (including phenoxy) is 1. The summed E-state index contributed by atoms with van der Waals surface area (Å²) in [5.41, 5.74) is 2.73. The molecule has 2 aromatic carbocycles. The number of rotatable bonds is 5. The summed E-state index contributed by atoms with van der Waals surface area (Å²) in [5, 5.41) is 12.0. The Kier molecular flexibility index (Phi) is 5.20. The number of nitrogens with zero attached hydrogens (tertiary/aromatic N) is 2. The van der Waals surface area contributed by atoms with E-state index in [1.807, 2.05) is 55.5 Å². The van der Waals surface area contributed by atoms with Crippen LogP contribution in [0.1, 0.15) is 26.5 Å². The highest BCUT2D eigenvalue weighted by Crippen LogP contribution is 2.19. The summed E-state index contributed by atoms with van der Waals surface area (Å²) in [6.07, 6.45) is 3.80. The van der Waals surface area contributed by atoms with Crippen molar-refractivity contribution in [3.63, 3.8) is 0 Å². The minimum Gasteiger partial charge on any atom is -0.497 e. The molecule has 0 fully saturated rings. The smallest absolute Gasteiger partial charge is 0.257 e. The minimum atomic E-state index is -0.193. The fraction of sp³-hybridized carbons (Fsp3) is 0.105. The van der Waals surface area contributed by atoms with Crippen molar-refractivity contribution in [1.82, 2.24) is 10.2 Å². The normalized spacial score (nSPS) is 10.8. The third-order valence-electron chi connectivity index (χ3n) is 3.51. The average Bonchev–Trinajstić information content (AvgIpc) is 3.08. The van der Waals surface area contributed by atoms with Crippen LogP contribution in [0.2, 0.25) is 0 Å². The summed E-state index contributed by atoms with van der Waals surface area (Å²) in [5.74, 6) is 0.621. The molecule has 0 spiro atoms. The van der Waals surface area contributed by atoms with Gasteiger partial charge in [-0.15, -0.1) is 10.2 Å². The summed E-state index contributed by atoms with van der Waals surface area (Å²) in [7, 11) is 1.64. The van der Waals surface area contributed by atoms with Gasteiger partial charge in [-0.1, -0.05) is 47.2 Å². The van der Waals surface area contributed by atoms with E-state index in [4.69, 9.17) is 4.74 Å². The summed E-state index contributed by atoms with van der Waals surface area (Å²) < 4.78 is 5.13. The second kappa shape index (κ2) is 7.72. The molecule has 1 aromatic heterocycles.